The molecule has 0 saturated heterocycles. The number of nitrogens with zero attached hydrogens (tertiary/aromatic N) is 2. The fourth-order valence-corrected chi connectivity index (χ4v) is 1.98. The minimum absolute atomic E-state index is 0. The highest BCUT2D eigenvalue weighted by atomic mass is 35.5. The first-order valence-corrected chi connectivity index (χ1v) is 5.69. The van der Waals surface area contributed by atoms with Gasteiger partial charge in [-0.25, -0.2) is 9.97 Å². The number of halogens is 4. The Hall–Kier alpha value is -0.880. The van der Waals surface area contributed by atoms with Crippen LogP contribution in [0.4, 0.5) is 13.2 Å². The lowest BCUT2D eigenvalue weighted by atomic mass is 10.0. The Balaban J connectivity index is 0.00000162. The minimum Gasteiger partial charge on any atom is -0.311 e. The highest BCUT2D eigenvalue weighted by Gasteiger charge is 2.37. The molecular formula is C11H15ClF3N3. The van der Waals surface area contributed by atoms with E-state index in [9.17, 15) is 13.2 Å². The Bertz CT molecular complexity index is 421. The molecule has 2 rings (SSSR count). The molecule has 0 radical (unpaired) electrons. The van der Waals surface area contributed by atoms with Crippen LogP contribution in [0.5, 0.6) is 0 Å². The molecule has 3 nitrogen and oxygen atoms in total. The zero-order chi connectivity index (χ0) is 12.5. The first kappa shape index (κ1) is 15.2. The Morgan fingerprint density at radius 1 is 1.28 bits per heavy atom. The first-order valence-electron chi connectivity index (χ1n) is 5.69. The lowest BCUT2D eigenvalue weighted by molar-refractivity contribution is -0.142. The van der Waals surface area contributed by atoms with E-state index in [0.717, 1.165) is 6.42 Å². The average molecular weight is 282 g/mol. The zero-order valence-electron chi connectivity index (χ0n) is 9.97. The van der Waals surface area contributed by atoms with Crippen molar-refractivity contribution < 1.29 is 13.2 Å². The van der Waals surface area contributed by atoms with Crippen molar-refractivity contribution in [3.05, 3.63) is 22.8 Å². The van der Waals surface area contributed by atoms with Gasteiger partial charge in [0.05, 0.1) is 5.69 Å². The summed E-state index contributed by atoms with van der Waals surface area (Å²) in [5.41, 5.74) is 0.0191. The number of hydrogen-bond acceptors (Lipinski definition) is 3. The van der Waals surface area contributed by atoms with E-state index in [1.54, 1.807) is 0 Å². The third-order valence-electron chi connectivity index (χ3n) is 2.73. The van der Waals surface area contributed by atoms with E-state index in [1.807, 2.05) is 6.92 Å². The SMILES string of the molecule is CCCc1nc2c(c(C(F)(F)F)n1)CCNC2.Cl. The van der Waals surface area contributed by atoms with Crippen LogP contribution in [0.3, 0.4) is 0 Å². The summed E-state index contributed by atoms with van der Waals surface area (Å²) in [6.07, 6.45) is -2.82. The normalized spacial score (nSPS) is 14.9. The standard InChI is InChI=1S/C11H14F3N3.ClH/c1-2-3-9-16-8-6-15-5-4-7(8)10(17-9)11(12,13)14;/h15H,2-6H2,1H3;1H. The van der Waals surface area contributed by atoms with Gasteiger partial charge >= 0.3 is 6.18 Å². The van der Waals surface area contributed by atoms with Crippen molar-refractivity contribution in [3.63, 3.8) is 0 Å². The van der Waals surface area contributed by atoms with Gasteiger partial charge in [0, 0.05) is 18.5 Å². The van der Waals surface area contributed by atoms with Crippen molar-refractivity contribution in [2.45, 2.75) is 38.9 Å². The number of aromatic nitrogens is 2. The molecule has 0 aliphatic carbocycles. The largest absolute Gasteiger partial charge is 0.433 e. The van der Waals surface area contributed by atoms with Crippen LogP contribution >= 0.6 is 12.4 Å². The summed E-state index contributed by atoms with van der Waals surface area (Å²) in [5.74, 6) is 0.294. The van der Waals surface area contributed by atoms with Crippen molar-refractivity contribution >= 4 is 12.4 Å². The van der Waals surface area contributed by atoms with Gasteiger partial charge in [0.2, 0.25) is 0 Å². The monoisotopic (exact) mass is 281 g/mol. The third-order valence-corrected chi connectivity index (χ3v) is 2.73. The predicted molar refractivity (Wildman–Crippen MR) is 63.7 cm³/mol. The van der Waals surface area contributed by atoms with Crippen molar-refractivity contribution in [1.29, 1.82) is 0 Å². The van der Waals surface area contributed by atoms with E-state index in [1.165, 1.54) is 0 Å². The molecule has 1 aromatic rings. The second-order valence-corrected chi connectivity index (χ2v) is 4.09. The molecule has 0 amide bonds. The molecule has 1 N–H and O–H groups in total. The third kappa shape index (κ3) is 3.11. The van der Waals surface area contributed by atoms with Gasteiger partial charge in [-0.15, -0.1) is 12.4 Å². The second-order valence-electron chi connectivity index (χ2n) is 4.09. The van der Waals surface area contributed by atoms with Gasteiger partial charge in [-0.2, -0.15) is 13.2 Å². The van der Waals surface area contributed by atoms with Gasteiger partial charge in [-0.05, 0) is 19.4 Å². The fraction of sp³-hybridized carbons (Fsp3) is 0.636. The summed E-state index contributed by atoms with van der Waals surface area (Å²) in [7, 11) is 0. The van der Waals surface area contributed by atoms with Crippen LogP contribution in [-0.4, -0.2) is 16.5 Å². The summed E-state index contributed by atoms with van der Waals surface area (Å²) in [4.78, 5) is 7.89. The van der Waals surface area contributed by atoms with Crippen LogP contribution in [0.15, 0.2) is 0 Å². The van der Waals surface area contributed by atoms with Crippen LogP contribution in [0, 0.1) is 0 Å². The lowest BCUT2D eigenvalue weighted by Gasteiger charge is -2.21. The molecule has 7 heteroatoms. The molecule has 102 valence electrons. The first-order chi connectivity index (χ1) is 8.02. The molecule has 1 aromatic heterocycles. The molecule has 0 saturated carbocycles. The fourth-order valence-electron chi connectivity index (χ4n) is 1.98. The van der Waals surface area contributed by atoms with E-state index in [0.29, 0.717) is 37.4 Å². The maximum atomic E-state index is 12.9. The van der Waals surface area contributed by atoms with Gasteiger partial charge in [0.1, 0.15) is 5.82 Å². The molecule has 0 fully saturated rings. The van der Waals surface area contributed by atoms with Crippen molar-refractivity contribution in [3.8, 4) is 0 Å². The maximum Gasteiger partial charge on any atom is 0.433 e. The maximum absolute atomic E-state index is 12.9. The van der Waals surface area contributed by atoms with Crippen molar-refractivity contribution in [1.82, 2.24) is 15.3 Å². The summed E-state index contributed by atoms with van der Waals surface area (Å²) < 4.78 is 38.7. The summed E-state index contributed by atoms with van der Waals surface area (Å²) >= 11 is 0. The molecule has 0 unspecified atom stereocenters. The van der Waals surface area contributed by atoms with E-state index in [4.69, 9.17) is 0 Å². The Morgan fingerprint density at radius 3 is 2.61 bits per heavy atom. The number of rotatable bonds is 2. The topological polar surface area (TPSA) is 37.8 Å². The molecule has 0 atom stereocenters. The number of hydrogen-bond donors (Lipinski definition) is 1. The lowest BCUT2D eigenvalue weighted by Crippen LogP contribution is -2.29. The zero-order valence-corrected chi connectivity index (χ0v) is 10.8. The molecule has 0 aromatic carbocycles. The van der Waals surface area contributed by atoms with Gasteiger partial charge in [-0.1, -0.05) is 6.92 Å². The van der Waals surface area contributed by atoms with Gasteiger partial charge in [0.25, 0.3) is 0 Å². The highest BCUT2D eigenvalue weighted by molar-refractivity contribution is 5.85. The molecule has 1 aliphatic heterocycles. The van der Waals surface area contributed by atoms with Crippen molar-refractivity contribution in [2.24, 2.45) is 0 Å². The summed E-state index contributed by atoms with van der Waals surface area (Å²) in [6, 6.07) is 0. The van der Waals surface area contributed by atoms with Crippen LogP contribution in [-0.2, 0) is 25.6 Å². The van der Waals surface area contributed by atoms with Gasteiger partial charge < -0.3 is 5.32 Å². The predicted octanol–water partition coefficient (Wildman–Crippen LogP) is 2.52. The molecule has 2 heterocycles. The minimum atomic E-state index is -4.38. The number of fused-ring (bicyclic) bond motifs is 1. The highest BCUT2D eigenvalue weighted by Crippen LogP contribution is 2.32. The second kappa shape index (κ2) is 5.84. The number of alkyl halides is 3. The molecule has 0 spiro atoms. The van der Waals surface area contributed by atoms with Crippen LogP contribution < -0.4 is 5.32 Å². The van der Waals surface area contributed by atoms with Crippen LogP contribution in [0.1, 0.15) is 36.1 Å². The van der Waals surface area contributed by atoms with Crippen LogP contribution in [0.25, 0.3) is 0 Å². The average Bonchev–Trinajstić information content (AvgIpc) is 2.27. The molecule has 0 bridgehead atoms. The van der Waals surface area contributed by atoms with Gasteiger partial charge in [0.15, 0.2) is 5.69 Å². The summed E-state index contributed by atoms with van der Waals surface area (Å²) in [5, 5.41) is 3.03. The number of nitrogens with one attached hydrogen (secondary N) is 1. The molecule has 18 heavy (non-hydrogen) atoms. The number of aryl methyl sites for hydroxylation is 1. The Morgan fingerprint density at radius 2 is 2.00 bits per heavy atom. The Labute approximate surface area is 110 Å². The van der Waals surface area contributed by atoms with E-state index < -0.39 is 11.9 Å². The van der Waals surface area contributed by atoms with E-state index >= 15 is 0 Å². The van der Waals surface area contributed by atoms with Gasteiger partial charge in [-0.3, -0.25) is 0 Å². The van der Waals surface area contributed by atoms with Crippen molar-refractivity contribution in [2.75, 3.05) is 6.54 Å². The Kier molecular flexibility index (Phi) is 4.92. The quantitative estimate of drug-likeness (QED) is 0.905. The molecular weight excluding hydrogens is 267 g/mol. The summed E-state index contributed by atoms with van der Waals surface area (Å²) in [6.45, 7) is 2.85. The van der Waals surface area contributed by atoms with E-state index in [2.05, 4.69) is 15.3 Å². The van der Waals surface area contributed by atoms with E-state index in [-0.39, 0.29) is 18.0 Å². The van der Waals surface area contributed by atoms with Crippen LogP contribution in [0.2, 0.25) is 0 Å². The smallest absolute Gasteiger partial charge is 0.311 e. The molecule has 1 aliphatic rings.